The Morgan fingerprint density at radius 2 is 1.64 bits per heavy atom. The zero-order valence-corrected chi connectivity index (χ0v) is 20.7. The van der Waals surface area contributed by atoms with E-state index >= 15 is 0 Å². The predicted octanol–water partition coefficient (Wildman–Crippen LogP) is 3.69. The molecule has 8 heteroatoms. The van der Waals surface area contributed by atoms with Gasteiger partial charge in [0, 0.05) is 25.3 Å². The number of benzene rings is 3. The van der Waals surface area contributed by atoms with Crippen LogP contribution in [0.3, 0.4) is 0 Å². The van der Waals surface area contributed by atoms with E-state index in [9.17, 15) is 9.59 Å². The van der Waals surface area contributed by atoms with Gasteiger partial charge in [0.1, 0.15) is 0 Å². The van der Waals surface area contributed by atoms with Gasteiger partial charge in [0.05, 0.1) is 36.4 Å². The Hall–Kier alpha value is -3.62. The number of rotatable bonds is 8. The van der Waals surface area contributed by atoms with Crippen LogP contribution in [-0.4, -0.2) is 47.5 Å². The van der Waals surface area contributed by atoms with Gasteiger partial charge in [-0.2, -0.15) is 0 Å². The molecule has 1 aliphatic heterocycles. The highest BCUT2D eigenvalue weighted by Gasteiger charge is 2.17. The number of thioether (sulfide) groups is 1. The second kappa shape index (κ2) is 11.4. The van der Waals surface area contributed by atoms with Crippen molar-refractivity contribution in [3.05, 3.63) is 100 Å². The number of anilines is 1. The van der Waals surface area contributed by atoms with E-state index in [0.717, 1.165) is 29.9 Å². The number of fused-ring (bicyclic) bond motifs is 1. The highest BCUT2D eigenvalue weighted by Crippen LogP contribution is 2.23. The van der Waals surface area contributed by atoms with Gasteiger partial charge in [0.2, 0.25) is 5.91 Å². The Kier molecular flexibility index (Phi) is 7.64. The van der Waals surface area contributed by atoms with E-state index < -0.39 is 0 Å². The number of ether oxygens (including phenoxy) is 1. The molecule has 2 heterocycles. The molecule has 5 rings (SSSR count). The third-order valence-electron chi connectivity index (χ3n) is 6.13. The molecule has 1 saturated heterocycles. The lowest BCUT2D eigenvalue weighted by atomic mass is 10.2. The molecular weight excluding hydrogens is 472 g/mol. The number of hydrogen-bond donors (Lipinski definition) is 1. The van der Waals surface area contributed by atoms with Crippen LogP contribution < -0.4 is 15.8 Å². The average Bonchev–Trinajstić information content (AvgIpc) is 2.94. The first-order valence-electron chi connectivity index (χ1n) is 12.0. The zero-order valence-electron chi connectivity index (χ0n) is 19.9. The lowest BCUT2D eigenvalue weighted by molar-refractivity contribution is -0.118. The number of amides is 1. The van der Waals surface area contributed by atoms with Crippen LogP contribution in [-0.2, 0) is 22.6 Å². The van der Waals surface area contributed by atoms with E-state index in [4.69, 9.17) is 9.72 Å². The number of carbonyl (C=O) groups excluding carboxylic acids is 1. The monoisotopic (exact) mass is 500 g/mol. The summed E-state index contributed by atoms with van der Waals surface area (Å²) < 4.78 is 7.14. The van der Waals surface area contributed by atoms with Crippen LogP contribution in [0.25, 0.3) is 10.9 Å². The highest BCUT2D eigenvalue weighted by molar-refractivity contribution is 7.99. The van der Waals surface area contributed by atoms with Crippen LogP contribution in [0.2, 0.25) is 0 Å². The fourth-order valence-corrected chi connectivity index (χ4v) is 5.03. The summed E-state index contributed by atoms with van der Waals surface area (Å²) in [6.45, 7) is 3.80. The van der Waals surface area contributed by atoms with Crippen molar-refractivity contribution in [3.8, 4) is 0 Å². The molecule has 1 amide bonds. The van der Waals surface area contributed by atoms with Gasteiger partial charge in [0.25, 0.3) is 5.56 Å². The van der Waals surface area contributed by atoms with E-state index in [1.54, 1.807) is 4.57 Å². The minimum Gasteiger partial charge on any atom is -0.378 e. The molecule has 0 atom stereocenters. The Morgan fingerprint density at radius 1 is 0.944 bits per heavy atom. The summed E-state index contributed by atoms with van der Waals surface area (Å²) in [5.74, 6) is 0.0675. The quantitative estimate of drug-likeness (QED) is 0.294. The summed E-state index contributed by atoms with van der Waals surface area (Å²) in [7, 11) is 0. The fraction of sp³-hybridized carbons (Fsp3) is 0.250. The summed E-state index contributed by atoms with van der Waals surface area (Å²) >= 11 is 1.28. The average molecular weight is 501 g/mol. The minimum absolute atomic E-state index is 0.105. The molecule has 4 aromatic rings. The topological polar surface area (TPSA) is 76.5 Å². The molecule has 36 heavy (non-hydrogen) atoms. The molecule has 0 bridgehead atoms. The summed E-state index contributed by atoms with van der Waals surface area (Å²) in [6.07, 6.45) is 0. The van der Waals surface area contributed by atoms with Crippen molar-refractivity contribution in [2.75, 3.05) is 37.0 Å². The number of carbonyl (C=O) groups is 1. The van der Waals surface area contributed by atoms with Gasteiger partial charge in [-0.1, -0.05) is 72.4 Å². The van der Waals surface area contributed by atoms with Crippen molar-refractivity contribution < 1.29 is 9.53 Å². The van der Waals surface area contributed by atoms with Crippen molar-refractivity contribution in [2.24, 2.45) is 0 Å². The molecule has 1 N–H and O–H groups in total. The second-order valence-electron chi connectivity index (χ2n) is 8.62. The lowest BCUT2D eigenvalue weighted by Crippen LogP contribution is -2.36. The van der Waals surface area contributed by atoms with Crippen molar-refractivity contribution in [1.29, 1.82) is 0 Å². The van der Waals surface area contributed by atoms with Crippen molar-refractivity contribution in [1.82, 2.24) is 14.9 Å². The van der Waals surface area contributed by atoms with Crippen molar-refractivity contribution in [3.63, 3.8) is 0 Å². The standard InChI is InChI=1S/C28H28N4O3S/c33-26(29-18-21-7-3-1-4-8-21)20-36-28-30-25-12-11-23(31-13-15-35-16-14-31)17-24(25)27(34)32(28)19-22-9-5-2-6-10-22/h1-12,17H,13-16,18-20H2,(H,29,33). The van der Waals surface area contributed by atoms with Crippen LogP contribution in [0.4, 0.5) is 5.69 Å². The minimum atomic E-state index is -0.105. The first-order valence-corrected chi connectivity index (χ1v) is 13.0. The number of nitrogens with one attached hydrogen (secondary N) is 1. The smallest absolute Gasteiger partial charge is 0.262 e. The normalized spacial score (nSPS) is 13.6. The largest absolute Gasteiger partial charge is 0.378 e. The lowest BCUT2D eigenvalue weighted by Gasteiger charge is -2.29. The molecular formula is C28H28N4O3S. The summed E-state index contributed by atoms with van der Waals surface area (Å²) in [5, 5.41) is 4.05. The Morgan fingerprint density at radius 3 is 2.36 bits per heavy atom. The van der Waals surface area contributed by atoms with E-state index in [-0.39, 0.29) is 17.2 Å². The third-order valence-corrected chi connectivity index (χ3v) is 7.10. The first kappa shape index (κ1) is 24.1. The van der Waals surface area contributed by atoms with Gasteiger partial charge < -0.3 is 15.0 Å². The summed E-state index contributed by atoms with van der Waals surface area (Å²) in [4.78, 5) is 33.3. The molecule has 1 fully saturated rings. The Balaban J connectivity index is 1.41. The van der Waals surface area contributed by atoms with Crippen LogP contribution in [0.5, 0.6) is 0 Å². The van der Waals surface area contributed by atoms with E-state index in [1.165, 1.54) is 11.8 Å². The molecule has 0 saturated carbocycles. The SMILES string of the molecule is O=C(CSc1nc2ccc(N3CCOCC3)cc2c(=O)n1Cc1ccccc1)NCc1ccccc1. The maximum atomic E-state index is 13.7. The Labute approximate surface area is 214 Å². The predicted molar refractivity (Wildman–Crippen MR) is 144 cm³/mol. The molecule has 0 spiro atoms. The van der Waals surface area contributed by atoms with Gasteiger partial charge >= 0.3 is 0 Å². The van der Waals surface area contributed by atoms with Gasteiger partial charge in [-0.05, 0) is 29.3 Å². The summed E-state index contributed by atoms with van der Waals surface area (Å²) in [6, 6.07) is 25.4. The Bertz CT molecular complexity index is 1390. The number of morpholine rings is 1. The second-order valence-corrected chi connectivity index (χ2v) is 9.57. The van der Waals surface area contributed by atoms with E-state index in [1.807, 2.05) is 78.9 Å². The zero-order chi connectivity index (χ0) is 24.7. The molecule has 0 unspecified atom stereocenters. The van der Waals surface area contributed by atoms with Gasteiger partial charge in [-0.3, -0.25) is 14.2 Å². The van der Waals surface area contributed by atoms with E-state index in [2.05, 4.69) is 10.2 Å². The van der Waals surface area contributed by atoms with Crippen molar-refractivity contribution in [2.45, 2.75) is 18.2 Å². The molecule has 0 radical (unpaired) electrons. The molecule has 7 nitrogen and oxygen atoms in total. The van der Waals surface area contributed by atoms with Gasteiger partial charge in [0.15, 0.2) is 5.16 Å². The molecule has 0 aliphatic carbocycles. The first-order chi connectivity index (χ1) is 17.7. The van der Waals surface area contributed by atoms with Crippen LogP contribution in [0.1, 0.15) is 11.1 Å². The maximum Gasteiger partial charge on any atom is 0.262 e. The van der Waals surface area contributed by atoms with Crippen molar-refractivity contribution >= 4 is 34.3 Å². The molecule has 1 aliphatic rings. The number of aromatic nitrogens is 2. The van der Waals surface area contributed by atoms with Gasteiger partial charge in [-0.15, -0.1) is 0 Å². The maximum absolute atomic E-state index is 13.7. The van der Waals surface area contributed by atoms with Crippen LogP contribution in [0, 0.1) is 0 Å². The molecule has 1 aromatic heterocycles. The van der Waals surface area contributed by atoms with Crippen LogP contribution in [0.15, 0.2) is 88.8 Å². The fourth-order valence-electron chi connectivity index (χ4n) is 4.20. The van der Waals surface area contributed by atoms with Gasteiger partial charge in [-0.25, -0.2) is 4.98 Å². The summed E-state index contributed by atoms with van der Waals surface area (Å²) in [5.41, 5.74) is 3.56. The molecule has 184 valence electrons. The van der Waals surface area contributed by atoms with Crippen LogP contribution >= 0.6 is 11.8 Å². The highest BCUT2D eigenvalue weighted by atomic mass is 32.2. The number of nitrogens with zero attached hydrogens (tertiary/aromatic N) is 3. The number of hydrogen-bond acceptors (Lipinski definition) is 6. The molecule has 3 aromatic carbocycles. The van der Waals surface area contributed by atoms with E-state index in [0.29, 0.717) is 42.4 Å². The third kappa shape index (κ3) is 5.78.